The maximum Gasteiger partial charge on any atom is 0.408 e. The van der Waals surface area contributed by atoms with Crippen LogP contribution in [0.2, 0.25) is 0 Å². The highest BCUT2D eigenvalue weighted by molar-refractivity contribution is 5.69. The molecule has 0 heterocycles. The van der Waals surface area contributed by atoms with Crippen molar-refractivity contribution < 1.29 is 19.1 Å². The van der Waals surface area contributed by atoms with Crippen molar-refractivity contribution in [3.63, 3.8) is 0 Å². The predicted molar refractivity (Wildman–Crippen MR) is 109 cm³/mol. The molecule has 0 aromatic carbocycles. The van der Waals surface area contributed by atoms with E-state index in [0.717, 1.165) is 32.1 Å². The van der Waals surface area contributed by atoms with Crippen LogP contribution in [0, 0.1) is 12.3 Å². The number of terminal acetylenes is 1. The van der Waals surface area contributed by atoms with Gasteiger partial charge in [-0.15, -0.1) is 6.42 Å². The summed E-state index contributed by atoms with van der Waals surface area (Å²) in [5.41, 5.74) is 0. The highest BCUT2D eigenvalue weighted by Crippen LogP contribution is 2.10. The van der Waals surface area contributed by atoms with Crippen LogP contribution < -0.4 is 5.32 Å². The summed E-state index contributed by atoms with van der Waals surface area (Å²) in [5, 5.41) is 2.61. The Morgan fingerprint density at radius 1 is 0.815 bits per heavy atom. The molecule has 27 heavy (non-hydrogen) atoms. The number of ether oxygens (including phenoxy) is 2. The number of carbonyl (C=O) groups is 2. The second-order valence-corrected chi connectivity index (χ2v) is 6.92. The van der Waals surface area contributed by atoms with E-state index in [4.69, 9.17) is 11.2 Å². The first-order chi connectivity index (χ1) is 13.2. The van der Waals surface area contributed by atoms with Crippen LogP contribution >= 0.6 is 0 Å². The fourth-order valence-electron chi connectivity index (χ4n) is 2.77. The van der Waals surface area contributed by atoms with Crippen LogP contribution in [-0.2, 0) is 14.3 Å². The number of nitrogens with one attached hydrogen (secondary N) is 1. The van der Waals surface area contributed by atoms with Gasteiger partial charge in [0.15, 0.2) is 6.61 Å². The molecule has 0 aromatic heterocycles. The zero-order valence-electron chi connectivity index (χ0n) is 17.2. The van der Waals surface area contributed by atoms with Gasteiger partial charge in [-0.2, -0.15) is 0 Å². The Bertz CT molecular complexity index is 404. The Kier molecular flexibility index (Phi) is 19.3. The third-order valence-electron chi connectivity index (χ3n) is 4.37. The SMILES string of the molecule is C#CCOC(=O)NCCCCCC(=O)OCCCCCCCCCCCC. The van der Waals surface area contributed by atoms with Gasteiger partial charge in [-0.1, -0.05) is 77.1 Å². The third kappa shape index (κ3) is 20.5. The second-order valence-electron chi connectivity index (χ2n) is 6.92. The summed E-state index contributed by atoms with van der Waals surface area (Å²) in [5.74, 6) is 2.11. The van der Waals surface area contributed by atoms with Crippen LogP contribution in [0.5, 0.6) is 0 Å². The Morgan fingerprint density at radius 2 is 1.41 bits per heavy atom. The monoisotopic (exact) mass is 381 g/mol. The van der Waals surface area contributed by atoms with Gasteiger partial charge in [0.2, 0.25) is 0 Å². The lowest BCUT2D eigenvalue weighted by Gasteiger charge is -2.06. The standard InChI is InChI=1S/C22H39NO4/c1-3-5-6-7-8-9-10-11-12-16-20-26-21(24)17-14-13-15-18-23-22(25)27-19-4-2/h2H,3,5-20H2,1H3,(H,23,25). The van der Waals surface area contributed by atoms with Gasteiger partial charge in [0, 0.05) is 13.0 Å². The summed E-state index contributed by atoms with van der Waals surface area (Å²) in [6.45, 7) is 3.29. The minimum atomic E-state index is -0.496. The molecule has 0 bridgehead atoms. The van der Waals surface area contributed by atoms with Crippen molar-refractivity contribution in [1.82, 2.24) is 5.32 Å². The summed E-state index contributed by atoms with van der Waals surface area (Å²) in [6, 6.07) is 0. The van der Waals surface area contributed by atoms with Crippen molar-refractivity contribution in [2.45, 2.75) is 96.8 Å². The fraction of sp³-hybridized carbons (Fsp3) is 0.818. The van der Waals surface area contributed by atoms with Gasteiger partial charge in [-0.25, -0.2) is 4.79 Å². The first kappa shape index (κ1) is 25.3. The first-order valence-corrected chi connectivity index (χ1v) is 10.7. The minimum Gasteiger partial charge on any atom is -0.466 e. The summed E-state index contributed by atoms with van der Waals surface area (Å²) >= 11 is 0. The van der Waals surface area contributed by atoms with Crippen LogP contribution in [0.3, 0.4) is 0 Å². The summed E-state index contributed by atoms with van der Waals surface area (Å²) in [4.78, 5) is 22.8. The molecule has 0 atom stereocenters. The lowest BCUT2D eigenvalue weighted by molar-refractivity contribution is -0.143. The molecule has 156 valence electrons. The van der Waals surface area contributed by atoms with Crippen LogP contribution in [0.1, 0.15) is 96.8 Å². The molecule has 0 spiro atoms. The van der Waals surface area contributed by atoms with Gasteiger partial charge in [0.1, 0.15) is 0 Å². The van der Waals surface area contributed by atoms with Gasteiger partial charge in [0.05, 0.1) is 6.61 Å². The smallest absolute Gasteiger partial charge is 0.408 e. The van der Waals surface area contributed by atoms with E-state index in [1.807, 2.05) is 0 Å². The molecule has 0 aromatic rings. The molecule has 0 aliphatic carbocycles. The zero-order valence-corrected chi connectivity index (χ0v) is 17.2. The van der Waals surface area contributed by atoms with Crippen LogP contribution in [0.25, 0.3) is 0 Å². The van der Waals surface area contributed by atoms with Gasteiger partial charge >= 0.3 is 12.1 Å². The third-order valence-corrected chi connectivity index (χ3v) is 4.37. The molecule has 0 fully saturated rings. The molecule has 0 rings (SSSR count). The second kappa shape index (κ2) is 20.6. The van der Waals surface area contributed by atoms with Gasteiger partial charge in [-0.3, -0.25) is 4.79 Å². The lowest BCUT2D eigenvalue weighted by atomic mass is 10.1. The van der Waals surface area contributed by atoms with E-state index in [1.54, 1.807) is 0 Å². The maximum absolute atomic E-state index is 11.6. The quantitative estimate of drug-likeness (QED) is 0.197. The Morgan fingerprint density at radius 3 is 2.04 bits per heavy atom. The molecule has 0 radical (unpaired) electrons. The summed E-state index contributed by atoms with van der Waals surface area (Å²) in [7, 11) is 0. The van der Waals surface area contributed by atoms with E-state index in [9.17, 15) is 9.59 Å². The fourth-order valence-corrected chi connectivity index (χ4v) is 2.77. The summed E-state index contributed by atoms with van der Waals surface area (Å²) < 4.78 is 9.94. The van der Waals surface area contributed by atoms with E-state index in [-0.39, 0.29) is 12.6 Å². The number of unbranched alkanes of at least 4 members (excludes halogenated alkanes) is 11. The molecule has 0 saturated carbocycles. The number of hydrogen-bond acceptors (Lipinski definition) is 4. The van der Waals surface area contributed by atoms with Crippen molar-refractivity contribution >= 4 is 12.1 Å². The van der Waals surface area contributed by atoms with Gasteiger partial charge in [0.25, 0.3) is 0 Å². The largest absolute Gasteiger partial charge is 0.466 e. The number of rotatable bonds is 18. The molecule has 1 N–H and O–H groups in total. The first-order valence-electron chi connectivity index (χ1n) is 10.7. The van der Waals surface area contributed by atoms with Crippen molar-refractivity contribution in [3.8, 4) is 12.3 Å². The molecule has 0 unspecified atom stereocenters. The molecule has 5 nitrogen and oxygen atoms in total. The van der Waals surface area contributed by atoms with Crippen molar-refractivity contribution in [1.29, 1.82) is 0 Å². The average molecular weight is 382 g/mol. The number of hydrogen-bond donors (Lipinski definition) is 1. The topological polar surface area (TPSA) is 64.6 Å². The zero-order chi connectivity index (χ0) is 20.0. The molecule has 0 aliphatic heterocycles. The van der Waals surface area contributed by atoms with Crippen molar-refractivity contribution in [3.05, 3.63) is 0 Å². The van der Waals surface area contributed by atoms with E-state index in [1.165, 1.54) is 51.4 Å². The highest BCUT2D eigenvalue weighted by Gasteiger charge is 2.03. The van der Waals surface area contributed by atoms with E-state index in [0.29, 0.717) is 19.6 Å². The van der Waals surface area contributed by atoms with Gasteiger partial charge < -0.3 is 14.8 Å². The maximum atomic E-state index is 11.6. The minimum absolute atomic E-state index is 0.0171. The molecule has 1 amide bonds. The average Bonchev–Trinajstić information content (AvgIpc) is 2.67. The van der Waals surface area contributed by atoms with E-state index >= 15 is 0 Å². The van der Waals surface area contributed by atoms with Crippen molar-refractivity contribution in [2.75, 3.05) is 19.8 Å². The molecule has 0 aliphatic rings. The normalized spacial score (nSPS) is 10.2. The van der Waals surface area contributed by atoms with E-state index < -0.39 is 6.09 Å². The molecular formula is C22H39NO4. The number of esters is 1. The van der Waals surface area contributed by atoms with Crippen LogP contribution in [0.4, 0.5) is 4.79 Å². The lowest BCUT2D eigenvalue weighted by Crippen LogP contribution is -2.25. The Labute approximate surface area is 166 Å². The molecule has 5 heteroatoms. The van der Waals surface area contributed by atoms with Gasteiger partial charge in [-0.05, 0) is 19.3 Å². The van der Waals surface area contributed by atoms with E-state index in [2.05, 4.69) is 22.9 Å². The van der Waals surface area contributed by atoms with Crippen molar-refractivity contribution in [2.24, 2.45) is 0 Å². The number of alkyl carbamates (subject to hydrolysis) is 1. The highest BCUT2D eigenvalue weighted by atomic mass is 16.5. The van der Waals surface area contributed by atoms with Crippen LogP contribution in [0.15, 0.2) is 0 Å². The molecular weight excluding hydrogens is 342 g/mol. The molecule has 0 saturated heterocycles. The summed E-state index contributed by atoms with van der Waals surface area (Å²) in [6.07, 6.45) is 20.1. The van der Waals surface area contributed by atoms with Crippen LogP contribution in [-0.4, -0.2) is 31.8 Å². The Hall–Kier alpha value is -1.70. The number of carbonyl (C=O) groups excluding carboxylic acids is 2. The Balaban J connectivity index is 3.24. The number of amides is 1. The predicted octanol–water partition coefficient (Wildman–Crippen LogP) is 5.37.